The number of hydrogen-bond acceptors (Lipinski definition) is 3. The van der Waals surface area contributed by atoms with Crippen molar-refractivity contribution in [1.82, 2.24) is 0 Å². The maximum Gasteiger partial charge on any atom is 0.264 e. The number of benzene rings is 2. The second kappa shape index (κ2) is 7.86. The molecular formula is C26H30FNO3. The van der Waals surface area contributed by atoms with Crippen molar-refractivity contribution in [2.24, 2.45) is 17.3 Å². The first kappa shape index (κ1) is 21.7. The maximum atomic E-state index is 13.7. The lowest BCUT2D eigenvalue weighted by atomic mass is 9.62. The van der Waals surface area contributed by atoms with Gasteiger partial charge in [-0.3, -0.25) is 9.59 Å². The van der Waals surface area contributed by atoms with Crippen molar-refractivity contribution in [3.05, 3.63) is 65.5 Å². The summed E-state index contributed by atoms with van der Waals surface area (Å²) in [4.78, 5) is 28.2. The number of para-hydroxylation sites is 1. The Labute approximate surface area is 183 Å². The Kier molecular flexibility index (Phi) is 5.50. The molecule has 0 saturated heterocycles. The van der Waals surface area contributed by atoms with Gasteiger partial charge in [-0.05, 0) is 47.9 Å². The highest BCUT2D eigenvalue weighted by Crippen LogP contribution is 2.51. The minimum atomic E-state index is -1.86. The Morgan fingerprint density at radius 2 is 1.81 bits per heavy atom. The molecule has 31 heavy (non-hydrogen) atoms. The normalized spacial score (nSPS) is 26.3. The lowest BCUT2D eigenvalue weighted by molar-refractivity contribution is -0.155. The average molecular weight is 424 g/mol. The van der Waals surface area contributed by atoms with Crippen molar-refractivity contribution in [3.8, 4) is 0 Å². The van der Waals surface area contributed by atoms with Crippen molar-refractivity contribution in [3.63, 3.8) is 0 Å². The molecule has 3 atom stereocenters. The van der Waals surface area contributed by atoms with Crippen LogP contribution in [-0.4, -0.2) is 16.8 Å². The quantitative estimate of drug-likeness (QED) is 0.738. The summed E-state index contributed by atoms with van der Waals surface area (Å²) < 4.78 is 13.3. The van der Waals surface area contributed by atoms with Gasteiger partial charge in [0.2, 0.25) is 0 Å². The van der Waals surface area contributed by atoms with Gasteiger partial charge in [0.1, 0.15) is 11.6 Å². The zero-order valence-corrected chi connectivity index (χ0v) is 18.4. The number of ketones is 1. The number of carbonyl (C=O) groups is 2. The molecule has 4 nitrogen and oxygen atoms in total. The Balaban J connectivity index is 1.72. The molecule has 0 radical (unpaired) electrons. The van der Waals surface area contributed by atoms with E-state index >= 15 is 0 Å². The maximum absolute atomic E-state index is 13.7. The van der Waals surface area contributed by atoms with Gasteiger partial charge in [0.05, 0.1) is 18.2 Å². The van der Waals surface area contributed by atoms with Crippen LogP contribution in [0.25, 0.3) is 0 Å². The first-order valence-electron chi connectivity index (χ1n) is 11.1. The first-order valence-corrected chi connectivity index (χ1v) is 11.1. The fourth-order valence-corrected chi connectivity index (χ4v) is 5.15. The molecule has 1 N–H and O–H groups in total. The van der Waals surface area contributed by atoms with Crippen molar-refractivity contribution in [2.75, 3.05) is 4.90 Å². The van der Waals surface area contributed by atoms with E-state index in [0.717, 1.165) is 18.4 Å². The van der Waals surface area contributed by atoms with E-state index < -0.39 is 17.4 Å². The number of anilines is 1. The van der Waals surface area contributed by atoms with Gasteiger partial charge in [0.15, 0.2) is 5.60 Å². The van der Waals surface area contributed by atoms with E-state index in [4.69, 9.17) is 0 Å². The number of halogens is 1. The van der Waals surface area contributed by atoms with Gasteiger partial charge in [-0.15, -0.1) is 0 Å². The molecule has 0 bridgehead atoms. The molecule has 2 aromatic carbocycles. The summed E-state index contributed by atoms with van der Waals surface area (Å²) in [6, 6.07) is 13.1. The minimum absolute atomic E-state index is 0.0320. The minimum Gasteiger partial charge on any atom is -0.375 e. The Hall–Kier alpha value is -2.53. The van der Waals surface area contributed by atoms with E-state index in [1.807, 2.05) is 6.07 Å². The zero-order chi connectivity index (χ0) is 22.4. The van der Waals surface area contributed by atoms with E-state index in [1.165, 1.54) is 17.0 Å². The van der Waals surface area contributed by atoms with Crippen LogP contribution in [0.15, 0.2) is 48.5 Å². The van der Waals surface area contributed by atoms with Crippen LogP contribution in [0.3, 0.4) is 0 Å². The van der Waals surface area contributed by atoms with Crippen molar-refractivity contribution in [1.29, 1.82) is 0 Å². The Morgan fingerprint density at radius 1 is 1.13 bits per heavy atom. The molecule has 2 aromatic rings. The standard InChI is InChI=1S/C26H30FNO3/c1-4-25(2,3)18-11-14-23(29)21(15-18)26(31)20-7-5-6-8-22(20)28(24(26)30)16-17-9-12-19(27)13-10-17/h5-10,12-13,18,21,31H,4,11,14-16H2,1-3H3/t18-,21-,26+/m1/s1. The molecule has 2 aliphatic rings. The predicted molar refractivity (Wildman–Crippen MR) is 118 cm³/mol. The summed E-state index contributed by atoms with van der Waals surface area (Å²) in [5.74, 6) is -1.35. The molecule has 1 amide bonds. The van der Waals surface area contributed by atoms with E-state index in [0.29, 0.717) is 24.1 Å². The summed E-state index contributed by atoms with van der Waals surface area (Å²) in [5, 5.41) is 11.9. The third kappa shape index (κ3) is 3.59. The molecule has 5 heteroatoms. The Morgan fingerprint density at radius 3 is 2.48 bits per heavy atom. The highest BCUT2D eigenvalue weighted by molar-refractivity contribution is 6.09. The molecule has 0 spiro atoms. The third-order valence-electron chi connectivity index (χ3n) is 7.60. The van der Waals surface area contributed by atoms with E-state index in [9.17, 15) is 19.1 Å². The monoisotopic (exact) mass is 423 g/mol. The largest absolute Gasteiger partial charge is 0.375 e. The van der Waals surface area contributed by atoms with E-state index in [1.54, 1.807) is 30.3 Å². The fourth-order valence-electron chi connectivity index (χ4n) is 5.15. The van der Waals surface area contributed by atoms with Crippen molar-refractivity contribution >= 4 is 17.4 Å². The second-order valence-corrected chi connectivity index (χ2v) is 9.63. The molecule has 0 unspecified atom stereocenters. The van der Waals surface area contributed by atoms with Crippen LogP contribution >= 0.6 is 0 Å². The number of rotatable bonds is 5. The van der Waals surface area contributed by atoms with E-state index in [-0.39, 0.29) is 29.5 Å². The van der Waals surface area contributed by atoms with Gasteiger partial charge in [0, 0.05) is 12.0 Å². The number of nitrogens with zero attached hydrogens (tertiary/aromatic N) is 1. The van der Waals surface area contributed by atoms with E-state index in [2.05, 4.69) is 20.8 Å². The second-order valence-electron chi connectivity index (χ2n) is 9.63. The first-order chi connectivity index (χ1) is 14.7. The van der Waals surface area contributed by atoms with Crippen molar-refractivity contribution in [2.45, 2.75) is 58.6 Å². The lowest BCUT2D eigenvalue weighted by Crippen LogP contribution is -2.51. The number of Topliss-reactive ketones (excluding diaryl/α,β-unsaturated/α-hetero) is 1. The van der Waals surface area contributed by atoms with Crippen LogP contribution in [-0.2, 0) is 21.7 Å². The molecule has 1 heterocycles. The van der Waals surface area contributed by atoms with Gasteiger partial charge in [0.25, 0.3) is 5.91 Å². The molecule has 0 aromatic heterocycles. The smallest absolute Gasteiger partial charge is 0.264 e. The molecular weight excluding hydrogens is 393 g/mol. The summed E-state index contributed by atoms with van der Waals surface area (Å²) in [6.07, 6.45) is 2.65. The van der Waals surface area contributed by atoms with Crippen LogP contribution in [0, 0.1) is 23.1 Å². The summed E-state index contributed by atoms with van der Waals surface area (Å²) >= 11 is 0. The van der Waals surface area contributed by atoms with Crippen LogP contribution in [0.4, 0.5) is 10.1 Å². The summed E-state index contributed by atoms with van der Waals surface area (Å²) in [7, 11) is 0. The number of aliphatic hydroxyl groups is 1. The van der Waals surface area contributed by atoms with Gasteiger partial charge < -0.3 is 10.0 Å². The lowest BCUT2D eigenvalue weighted by Gasteiger charge is -2.42. The number of carbonyl (C=O) groups excluding carboxylic acids is 2. The van der Waals surface area contributed by atoms with Gasteiger partial charge >= 0.3 is 0 Å². The number of fused-ring (bicyclic) bond motifs is 1. The molecule has 164 valence electrons. The molecule has 4 rings (SSSR count). The third-order valence-corrected chi connectivity index (χ3v) is 7.60. The van der Waals surface area contributed by atoms with Crippen LogP contribution in [0.5, 0.6) is 0 Å². The van der Waals surface area contributed by atoms with Gasteiger partial charge in [-0.2, -0.15) is 0 Å². The Bertz CT molecular complexity index is 1000. The zero-order valence-electron chi connectivity index (χ0n) is 18.4. The van der Waals surface area contributed by atoms with Crippen LogP contribution in [0.2, 0.25) is 0 Å². The topological polar surface area (TPSA) is 57.6 Å². The summed E-state index contributed by atoms with van der Waals surface area (Å²) in [5.41, 5.74) is 0.0358. The van der Waals surface area contributed by atoms with Crippen LogP contribution < -0.4 is 4.90 Å². The molecule has 1 aliphatic carbocycles. The number of hydrogen-bond donors (Lipinski definition) is 1. The van der Waals surface area contributed by atoms with Gasteiger partial charge in [-0.1, -0.05) is 57.5 Å². The fraction of sp³-hybridized carbons (Fsp3) is 0.462. The van der Waals surface area contributed by atoms with Crippen molar-refractivity contribution < 1.29 is 19.1 Å². The average Bonchev–Trinajstić information content (AvgIpc) is 2.98. The summed E-state index contributed by atoms with van der Waals surface area (Å²) in [6.45, 7) is 6.74. The molecule has 1 aliphatic heterocycles. The molecule has 1 saturated carbocycles. The van der Waals surface area contributed by atoms with Crippen LogP contribution in [0.1, 0.15) is 57.6 Å². The highest BCUT2D eigenvalue weighted by atomic mass is 19.1. The van der Waals surface area contributed by atoms with Gasteiger partial charge in [-0.25, -0.2) is 4.39 Å². The molecule has 1 fully saturated rings. The SMILES string of the molecule is CCC(C)(C)[C@@H]1CCC(=O)[C@H]([C@]2(O)C(=O)N(Cc3ccc(F)cc3)c3ccccc32)C1. The highest BCUT2D eigenvalue weighted by Gasteiger charge is 2.58. The predicted octanol–water partition coefficient (Wildman–Crippen LogP) is 4.98. The number of amides is 1.